The molecule has 1 aliphatic heterocycles. The van der Waals surface area contributed by atoms with Crippen LogP contribution in [0.15, 0.2) is 46.9 Å². The van der Waals surface area contributed by atoms with Crippen molar-refractivity contribution in [2.24, 2.45) is 5.73 Å². The maximum Gasteiger partial charge on any atom is 0.125 e. The molecule has 0 spiro atoms. The summed E-state index contributed by atoms with van der Waals surface area (Å²) in [5.74, 6) is 1.37. The summed E-state index contributed by atoms with van der Waals surface area (Å²) in [6.45, 7) is 2.97. The third-order valence-electron chi connectivity index (χ3n) is 4.25. The van der Waals surface area contributed by atoms with Crippen LogP contribution in [0.2, 0.25) is 0 Å². The van der Waals surface area contributed by atoms with Gasteiger partial charge in [-0.2, -0.15) is 0 Å². The van der Waals surface area contributed by atoms with Gasteiger partial charge in [-0.15, -0.1) is 0 Å². The third-order valence-corrected chi connectivity index (χ3v) is 4.71. The van der Waals surface area contributed by atoms with Crippen molar-refractivity contribution in [3.8, 4) is 5.75 Å². The van der Waals surface area contributed by atoms with Gasteiger partial charge in [0.15, 0.2) is 0 Å². The van der Waals surface area contributed by atoms with Gasteiger partial charge in [-0.1, -0.05) is 53.2 Å². The quantitative estimate of drug-likeness (QED) is 0.906. The predicted octanol–water partition coefficient (Wildman–Crippen LogP) is 4.06. The van der Waals surface area contributed by atoms with Crippen LogP contribution in [0, 0.1) is 0 Å². The largest absolute Gasteiger partial charge is 0.493 e. The number of benzene rings is 2. The highest BCUT2D eigenvalue weighted by Gasteiger charge is 2.21. The molecule has 0 saturated carbocycles. The molecule has 0 aliphatic carbocycles. The molecule has 0 bridgehead atoms. The summed E-state index contributed by atoms with van der Waals surface area (Å²) in [5.41, 5.74) is 10.2. The molecule has 0 saturated heterocycles. The smallest absolute Gasteiger partial charge is 0.125 e. The molecule has 0 fully saturated rings. The van der Waals surface area contributed by atoms with Crippen molar-refractivity contribution in [1.29, 1.82) is 0 Å². The second kappa shape index (κ2) is 6.20. The Morgan fingerprint density at radius 3 is 2.76 bits per heavy atom. The fourth-order valence-electron chi connectivity index (χ4n) is 2.93. The summed E-state index contributed by atoms with van der Waals surface area (Å²) in [7, 11) is 0. The lowest BCUT2D eigenvalue weighted by Gasteiger charge is -2.21. The summed E-state index contributed by atoms with van der Waals surface area (Å²) in [5, 5.41) is 0. The van der Waals surface area contributed by atoms with Crippen molar-refractivity contribution in [1.82, 2.24) is 0 Å². The van der Waals surface area contributed by atoms with E-state index in [1.54, 1.807) is 0 Å². The molecule has 2 atom stereocenters. The zero-order valence-corrected chi connectivity index (χ0v) is 13.8. The zero-order valence-electron chi connectivity index (χ0n) is 12.2. The van der Waals surface area contributed by atoms with Crippen molar-refractivity contribution in [2.75, 3.05) is 6.61 Å². The van der Waals surface area contributed by atoms with E-state index in [4.69, 9.17) is 10.5 Å². The molecule has 110 valence electrons. The molecule has 2 aromatic rings. The first-order chi connectivity index (χ1) is 10.1. The van der Waals surface area contributed by atoms with Crippen LogP contribution in [0.5, 0.6) is 5.75 Å². The number of hydrogen-bond donors (Lipinski definition) is 1. The normalized spacial score (nSPS) is 16.1. The molecule has 1 heterocycles. The fourth-order valence-corrected chi connectivity index (χ4v) is 3.48. The van der Waals surface area contributed by atoms with Crippen LogP contribution >= 0.6 is 15.9 Å². The second-order valence-corrected chi connectivity index (χ2v) is 6.63. The van der Waals surface area contributed by atoms with Gasteiger partial charge in [0, 0.05) is 16.9 Å². The van der Waals surface area contributed by atoms with Crippen LogP contribution < -0.4 is 10.5 Å². The summed E-state index contributed by atoms with van der Waals surface area (Å²) >= 11 is 3.59. The lowest BCUT2D eigenvalue weighted by molar-refractivity contribution is 0.352. The molecule has 1 aliphatic rings. The molecule has 3 rings (SSSR count). The Balaban J connectivity index is 1.81. The van der Waals surface area contributed by atoms with Crippen LogP contribution in [0.3, 0.4) is 0 Å². The zero-order chi connectivity index (χ0) is 14.8. The average Bonchev–Trinajstić information content (AvgIpc) is 2.95. The first-order valence-electron chi connectivity index (χ1n) is 7.40. The third kappa shape index (κ3) is 3.14. The Labute approximate surface area is 134 Å². The molecular weight excluding hydrogens is 326 g/mol. The number of fused-ring (bicyclic) bond motifs is 1. The first kappa shape index (κ1) is 14.6. The monoisotopic (exact) mass is 345 g/mol. The molecule has 2 N–H and O–H groups in total. The standard InChI is InChI=1S/C18H20BrNO/c1-12(13-5-3-2-4-6-13)17(20)11-15-10-16(19)9-14-7-8-21-18(14)15/h2-6,9-10,12,17H,7-8,11,20H2,1H3. The lowest BCUT2D eigenvalue weighted by Crippen LogP contribution is -2.29. The maximum atomic E-state index is 6.45. The average molecular weight is 346 g/mol. The van der Waals surface area contributed by atoms with Gasteiger partial charge in [-0.05, 0) is 41.2 Å². The summed E-state index contributed by atoms with van der Waals surface area (Å²) < 4.78 is 6.91. The van der Waals surface area contributed by atoms with E-state index in [0.717, 1.165) is 29.7 Å². The van der Waals surface area contributed by atoms with Crippen molar-refractivity contribution in [3.63, 3.8) is 0 Å². The van der Waals surface area contributed by atoms with E-state index in [-0.39, 0.29) is 6.04 Å². The fraction of sp³-hybridized carbons (Fsp3) is 0.333. The number of ether oxygens (including phenoxy) is 1. The van der Waals surface area contributed by atoms with E-state index >= 15 is 0 Å². The van der Waals surface area contributed by atoms with Crippen molar-refractivity contribution >= 4 is 15.9 Å². The van der Waals surface area contributed by atoms with E-state index in [9.17, 15) is 0 Å². The molecule has 0 aromatic heterocycles. The minimum Gasteiger partial charge on any atom is -0.493 e. The number of nitrogens with two attached hydrogens (primary N) is 1. The highest BCUT2D eigenvalue weighted by molar-refractivity contribution is 9.10. The van der Waals surface area contributed by atoms with Crippen LogP contribution in [0.25, 0.3) is 0 Å². The maximum absolute atomic E-state index is 6.45. The molecule has 0 amide bonds. The lowest BCUT2D eigenvalue weighted by atomic mass is 9.89. The number of rotatable bonds is 4. The van der Waals surface area contributed by atoms with E-state index in [0.29, 0.717) is 5.92 Å². The van der Waals surface area contributed by atoms with Gasteiger partial charge in [0.25, 0.3) is 0 Å². The first-order valence-corrected chi connectivity index (χ1v) is 8.19. The minimum absolute atomic E-state index is 0.0787. The molecule has 2 unspecified atom stereocenters. The van der Waals surface area contributed by atoms with E-state index in [2.05, 4.69) is 59.3 Å². The summed E-state index contributed by atoms with van der Waals surface area (Å²) in [6.07, 6.45) is 1.82. The van der Waals surface area contributed by atoms with Gasteiger partial charge in [-0.3, -0.25) is 0 Å². The van der Waals surface area contributed by atoms with Crippen molar-refractivity contribution < 1.29 is 4.74 Å². The molecular formula is C18H20BrNO. The molecule has 3 heteroatoms. The van der Waals surface area contributed by atoms with Gasteiger partial charge >= 0.3 is 0 Å². The van der Waals surface area contributed by atoms with Crippen LogP contribution in [0.1, 0.15) is 29.5 Å². The molecule has 0 radical (unpaired) electrons. The number of hydrogen-bond acceptors (Lipinski definition) is 2. The highest BCUT2D eigenvalue weighted by atomic mass is 79.9. The molecule has 21 heavy (non-hydrogen) atoms. The van der Waals surface area contributed by atoms with Gasteiger partial charge in [-0.25, -0.2) is 0 Å². The van der Waals surface area contributed by atoms with Crippen LogP contribution in [-0.4, -0.2) is 12.6 Å². The Morgan fingerprint density at radius 1 is 1.24 bits per heavy atom. The van der Waals surface area contributed by atoms with E-state index in [1.807, 2.05) is 6.07 Å². The Hall–Kier alpha value is -1.32. The van der Waals surface area contributed by atoms with Crippen molar-refractivity contribution in [2.45, 2.75) is 31.7 Å². The Bertz CT molecular complexity index is 627. The van der Waals surface area contributed by atoms with Crippen LogP contribution in [0.4, 0.5) is 0 Å². The van der Waals surface area contributed by atoms with E-state index in [1.165, 1.54) is 16.7 Å². The van der Waals surface area contributed by atoms with Gasteiger partial charge in [0.2, 0.25) is 0 Å². The van der Waals surface area contributed by atoms with Gasteiger partial charge in [0.1, 0.15) is 5.75 Å². The predicted molar refractivity (Wildman–Crippen MR) is 89.9 cm³/mol. The summed E-state index contributed by atoms with van der Waals surface area (Å²) in [6, 6.07) is 14.8. The highest BCUT2D eigenvalue weighted by Crippen LogP contribution is 2.34. The van der Waals surface area contributed by atoms with E-state index < -0.39 is 0 Å². The summed E-state index contributed by atoms with van der Waals surface area (Å²) in [4.78, 5) is 0. The second-order valence-electron chi connectivity index (χ2n) is 5.72. The number of halogens is 1. The van der Waals surface area contributed by atoms with Crippen molar-refractivity contribution in [3.05, 3.63) is 63.6 Å². The molecule has 2 nitrogen and oxygen atoms in total. The topological polar surface area (TPSA) is 35.2 Å². The Kier molecular flexibility index (Phi) is 4.32. The van der Waals surface area contributed by atoms with Gasteiger partial charge < -0.3 is 10.5 Å². The minimum atomic E-state index is 0.0787. The SMILES string of the molecule is CC(c1ccccc1)C(N)Cc1cc(Br)cc2c1OCC2. The molecule has 2 aromatic carbocycles. The Morgan fingerprint density at radius 2 is 2.00 bits per heavy atom. The van der Waals surface area contributed by atoms with Crippen LogP contribution in [-0.2, 0) is 12.8 Å². The van der Waals surface area contributed by atoms with Gasteiger partial charge in [0.05, 0.1) is 6.61 Å².